The molecule has 2 atom stereocenters. The first-order valence-electron chi connectivity index (χ1n) is 7.14. The Kier molecular flexibility index (Phi) is 8.11. The van der Waals surface area contributed by atoms with Gasteiger partial charge in [0.15, 0.2) is 0 Å². The van der Waals surface area contributed by atoms with Crippen molar-refractivity contribution in [3.05, 3.63) is 0 Å². The average Bonchev–Trinajstić information content (AvgIpc) is 2.30. The van der Waals surface area contributed by atoms with Gasteiger partial charge in [0.1, 0.15) is 9.84 Å². The zero-order valence-corrected chi connectivity index (χ0v) is 13.6. The molecule has 0 aliphatic carbocycles. The Morgan fingerprint density at radius 1 is 1.28 bits per heavy atom. The first-order valence-corrected chi connectivity index (χ1v) is 9.10. The maximum atomic E-state index is 11.3. The summed E-state index contributed by atoms with van der Waals surface area (Å²) in [6, 6.07) is 0. The number of unbranched alkanes of at least 4 members (excludes halogenated alkanes) is 1. The third-order valence-electron chi connectivity index (χ3n) is 4.00. The summed E-state index contributed by atoms with van der Waals surface area (Å²) in [4.78, 5) is 0. The molecule has 0 fully saturated rings. The number of hydrogen-bond acceptors (Lipinski definition) is 3. The van der Waals surface area contributed by atoms with Gasteiger partial charge in [0.25, 0.3) is 0 Å². The minimum Gasteiger partial charge on any atom is -0.316 e. The lowest BCUT2D eigenvalue weighted by Crippen LogP contribution is -2.33. The molecule has 0 radical (unpaired) electrons. The van der Waals surface area contributed by atoms with Gasteiger partial charge in [-0.25, -0.2) is 8.42 Å². The minimum absolute atomic E-state index is 0.242. The minimum atomic E-state index is -2.88. The number of nitrogens with one attached hydrogen (secondary N) is 1. The maximum absolute atomic E-state index is 11.3. The van der Waals surface area contributed by atoms with Gasteiger partial charge in [-0.2, -0.15) is 0 Å². The summed E-state index contributed by atoms with van der Waals surface area (Å²) in [6.45, 7) is 10.3. The standard InChI is InChI=1S/C14H31NO2S/c1-6-8-10-14(4,7-2)12-15-11-9-13(3)18(5,16)17/h13,15H,6-12H2,1-5H3. The fourth-order valence-corrected chi connectivity index (χ4v) is 2.45. The van der Waals surface area contributed by atoms with Crippen LogP contribution in [0.2, 0.25) is 0 Å². The largest absolute Gasteiger partial charge is 0.316 e. The van der Waals surface area contributed by atoms with Crippen LogP contribution in [0.4, 0.5) is 0 Å². The van der Waals surface area contributed by atoms with Crippen molar-refractivity contribution in [2.45, 2.75) is 65.0 Å². The summed E-state index contributed by atoms with van der Waals surface area (Å²) >= 11 is 0. The molecule has 0 saturated heterocycles. The molecule has 0 spiro atoms. The molecule has 0 amide bonds. The topological polar surface area (TPSA) is 46.2 Å². The summed E-state index contributed by atoms with van der Waals surface area (Å²) in [6.07, 6.45) is 6.93. The van der Waals surface area contributed by atoms with Crippen LogP contribution in [0.25, 0.3) is 0 Å². The van der Waals surface area contributed by atoms with Crippen LogP contribution in [0, 0.1) is 5.41 Å². The predicted molar refractivity (Wildman–Crippen MR) is 79.7 cm³/mol. The molecule has 0 bridgehead atoms. The van der Waals surface area contributed by atoms with Crippen LogP contribution in [0.3, 0.4) is 0 Å². The van der Waals surface area contributed by atoms with Gasteiger partial charge in [-0.15, -0.1) is 0 Å². The lowest BCUT2D eigenvalue weighted by Gasteiger charge is -2.29. The number of rotatable bonds is 10. The lowest BCUT2D eigenvalue weighted by molar-refractivity contribution is 0.261. The van der Waals surface area contributed by atoms with Crippen LogP contribution >= 0.6 is 0 Å². The van der Waals surface area contributed by atoms with E-state index in [2.05, 4.69) is 26.1 Å². The van der Waals surface area contributed by atoms with Crippen LogP contribution in [-0.4, -0.2) is 33.0 Å². The van der Waals surface area contributed by atoms with Crippen molar-refractivity contribution < 1.29 is 8.42 Å². The third-order valence-corrected chi connectivity index (χ3v) is 5.70. The molecule has 0 aliphatic heterocycles. The molecule has 0 rings (SSSR count). The van der Waals surface area contributed by atoms with Crippen LogP contribution in [0.15, 0.2) is 0 Å². The third kappa shape index (κ3) is 7.37. The van der Waals surface area contributed by atoms with Crippen LogP contribution in [0.1, 0.15) is 59.8 Å². The SMILES string of the molecule is CCCCC(C)(CC)CNCCC(C)S(C)(=O)=O. The highest BCUT2D eigenvalue weighted by Gasteiger charge is 2.21. The predicted octanol–water partition coefficient (Wildman–Crippen LogP) is 3.01. The van der Waals surface area contributed by atoms with E-state index in [1.807, 2.05) is 0 Å². The smallest absolute Gasteiger partial charge is 0.150 e. The van der Waals surface area contributed by atoms with E-state index < -0.39 is 9.84 Å². The van der Waals surface area contributed by atoms with Crippen LogP contribution in [0.5, 0.6) is 0 Å². The summed E-state index contributed by atoms with van der Waals surface area (Å²) in [5, 5.41) is 3.18. The van der Waals surface area contributed by atoms with Crippen molar-refractivity contribution in [1.82, 2.24) is 5.32 Å². The fourth-order valence-electron chi connectivity index (χ4n) is 1.90. The Labute approximate surface area is 114 Å². The van der Waals surface area contributed by atoms with Gasteiger partial charge in [0.2, 0.25) is 0 Å². The summed E-state index contributed by atoms with van der Waals surface area (Å²) in [7, 11) is -2.88. The average molecular weight is 277 g/mol. The molecular weight excluding hydrogens is 246 g/mol. The Morgan fingerprint density at radius 2 is 1.89 bits per heavy atom. The van der Waals surface area contributed by atoms with E-state index in [0.717, 1.165) is 13.1 Å². The van der Waals surface area contributed by atoms with Gasteiger partial charge < -0.3 is 5.32 Å². The van der Waals surface area contributed by atoms with E-state index in [1.165, 1.54) is 31.9 Å². The second-order valence-corrected chi connectivity index (χ2v) is 8.34. The summed E-state index contributed by atoms with van der Waals surface area (Å²) < 4.78 is 22.6. The molecule has 1 N–H and O–H groups in total. The van der Waals surface area contributed by atoms with E-state index in [0.29, 0.717) is 11.8 Å². The normalized spacial score (nSPS) is 17.4. The van der Waals surface area contributed by atoms with E-state index in [-0.39, 0.29) is 5.25 Å². The van der Waals surface area contributed by atoms with E-state index in [4.69, 9.17) is 0 Å². The Balaban J connectivity index is 3.94. The Hall–Kier alpha value is -0.0900. The highest BCUT2D eigenvalue weighted by atomic mass is 32.2. The zero-order valence-electron chi connectivity index (χ0n) is 12.8. The molecule has 3 nitrogen and oxygen atoms in total. The molecule has 0 aromatic rings. The fraction of sp³-hybridized carbons (Fsp3) is 1.00. The molecule has 0 aliphatic rings. The van der Waals surface area contributed by atoms with Crippen molar-refractivity contribution >= 4 is 9.84 Å². The van der Waals surface area contributed by atoms with Crippen LogP contribution < -0.4 is 5.32 Å². The Morgan fingerprint density at radius 3 is 2.33 bits per heavy atom. The molecule has 0 heterocycles. The van der Waals surface area contributed by atoms with Crippen molar-refractivity contribution in [3.63, 3.8) is 0 Å². The Bertz CT molecular complexity index is 314. The maximum Gasteiger partial charge on any atom is 0.150 e. The van der Waals surface area contributed by atoms with E-state index in [9.17, 15) is 8.42 Å². The second kappa shape index (κ2) is 8.16. The second-order valence-electron chi connectivity index (χ2n) is 5.87. The molecule has 0 saturated carbocycles. The van der Waals surface area contributed by atoms with E-state index >= 15 is 0 Å². The van der Waals surface area contributed by atoms with Gasteiger partial charge in [-0.3, -0.25) is 0 Å². The first kappa shape index (κ1) is 17.9. The van der Waals surface area contributed by atoms with Gasteiger partial charge >= 0.3 is 0 Å². The van der Waals surface area contributed by atoms with Crippen molar-refractivity contribution in [3.8, 4) is 0 Å². The van der Waals surface area contributed by atoms with Gasteiger partial charge in [-0.1, -0.05) is 33.6 Å². The van der Waals surface area contributed by atoms with Crippen molar-refractivity contribution in [1.29, 1.82) is 0 Å². The van der Waals surface area contributed by atoms with Gasteiger partial charge in [0, 0.05) is 12.8 Å². The van der Waals surface area contributed by atoms with Crippen molar-refractivity contribution in [2.24, 2.45) is 5.41 Å². The van der Waals surface area contributed by atoms with Crippen LogP contribution in [-0.2, 0) is 9.84 Å². The highest BCUT2D eigenvalue weighted by Crippen LogP contribution is 2.27. The quantitative estimate of drug-likeness (QED) is 0.624. The number of hydrogen-bond donors (Lipinski definition) is 1. The van der Waals surface area contributed by atoms with Gasteiger partial charge in [0.05, 0.1) is 5.25 Å². The highest BCUT2D eigenvalue weighted by molar-refractivity contribution is 7.91. The van der Waals surface area contributed by atoms with Crippen molar-refractivity contribution in [2.75, 3.05) is 19.3 Å². The molecule has 2 unspecified atom stereocenters. The lowest BCUT2D eigenvalue weighted by atomic mass is 9.82. The number of sulfone groups is 1. The summed E-state index contributed by atoms with van der Waals surface area (Å²) in [5.41, 5.74) is 0.352. The molecular formula is C14H31NO2S. The molecule has 110 valence electrons. The molecule has 18 heavy (non-hydrogen) atoms. The summed E-state index contributed by atoms with van der Waals surface area (Å²) in [5.74, 6) is 0. The molecule has 0 aromatic heterocycles. The first-order chi connectivity index (χ1) is 8.25. The van der Waals surface area contributed by atoms with E-state index in [1.54, 1.807) is 6.92 Å². The van der Waals surface area contributed by atoms with Gasteiger partial charge in [-0.05, 0) is 38.1 Å². The zero-order chi connectivity index (χ0) is 14.2. The monoisotopic (exact) mass is 277 g/mol. The molecule has 4 heteroatoms. The molecule has 0 aromatic carbocycles.